The van der Waals surface area contributed by atoms with Gasteiger partial charge in [0.1, 0.15) is 6.10 Å². The molecule has 3 aromatic carbocycles. The van der Waals surface area contributed by atoms with Gasteiger partial charge in [-0.05, 0) is 36.8 Å². The van der Waals surface area contributed by atoms with Crippen LogP contribution in [0.1, 0.15) is 29.7 Å². The summed E-state index contributed by atoms with van der Waals surface area (Å²) in [6.07, 6.45) is -1.99. The molecule has 1 heterocycles. The summed E-state index contributed by atoms with van der Waals surface area (Å²) < 4.78 is 6.25. The second-order valence-electron chi connectivity index (χ2n) is 7.70. The molecule has 1 amide bonds. The SMILES string of the molecule is CC(C(=O)O)C1OC(c2ccccc2Cl)c2cc(Cl)ccc2N(Cc2ccccc2)C1=O. The van der Waals surface area contributed by atoms with Gasteiger partial charge in [-0.3, -0.25) is 9.59 Å². The molecule has 0 spiro atoms. The first-order chi connectivity index (χ1) is 15.4. The Hall–Kier alpha value is -2.86. The zero-order valence-corrected chi connectivity index (χ0v) is 18.8. The minimum Gasteiger partial charge on any atom is -0.481 e. The van der Waals surface area contributed by atoms with Gasteiger partial charge in [-0.1, -0.05) is 71.7 Å². The zero-order chi connectivity index (χ0) is 22.8. The number of hydrogen-bond donors (Lipinski definition) is 1. The topological polar surface area (TPSA) is 66.8 Å². The van der Waals surface area contributed by atoms with E-state index in [-0.39, 0.29) is 6.54 Å². The Morgan fingerprint density at radius 2 is 1.72 bits per heavy atom. The van der Waals surface area contributed by atoms with E-state index in [9.17, 15) is 14.7 Å². The molecule has 0 fully saturated rings. The van der Waals surface area contributed by atoms with Crippen molar-refractivity contribution < 1.29 is 19.4 Å². The van der Waals surface area contributed by atoms with Crippen LogP contribution in [0.25, 0.3) is 0 Å². The Balaban J connectivity index is 1.91. The highest BCUT2D eigenvalue weighted by atomic mass is 35.5. The fraction of sp³-hybridized carbons (Fsp3) is 0.200. The third-order valence-corrected chi connectivity index (χ3v) is 6.15. The van der Waals surface area contributed by atoms with Crippen LogP contribution in [0, 0.1) is 5.92 Å². The number of carbonyl (C=O) groups is 2. The monoisotopic (exact) mass is 469 g/mol. The molecule has 5 nitrogen and oxygen atoms in total. The quantitative estimate of drug-likeness (QED) is 0.517. The lowest BCUT2D eigenvalue weighted by Crippen LogP contribution is -2.44. The highest BCUT2D eigenvalue weighted by Gasteiger charge is 2.42. The third kappa shape index (κ3) is 4.37. The number of carboxylic acid groups (broad SMARTS) is 1. The normalized spacial score (nSPS) is 19.2. The van der Waals surface area contributed by atoms with Gasteiger partial charge in [0.05, 0.1) is 18.2 Å². The van der Waals surface area contributed by atoms with E-state index in [0.717, 1.165) is 5.56 Å². The van der Waals surface area contributed by atoms with E-state index >= 15 is 0 Å². The van der Waals surface area contributed by atoms with Crippen LogP contribution in [-0.2, 0) is 20.9 Å². The van der Waals surface area contributed by atoms with Gasteiger partial charge in [-0.15, -0.1) is 0 Å². The van der Waals surface area contributed by atoms with Crippen molar-refractivity contribution in [1.82, 2.24) is 0 Å². The average molecular weight is 470 g/mol. The summed E-state index contributed by atoms with van der Waals surface area (Å²) in [5.41, 5.74) is 2.79. The van der Waals surface area contributed by atoms with Gasteiger partial charge < -0.3 is 14.7 Å². The molecule has 1 aliphatic rings. The molecule has 32 heavy (non-hydrogen) atoms. The smallest absolute Gasteiger partial charge is 0.309 e. The van der Waals surface area contributed by atoms with Gasteiger partial charge in [-0.25, -0.2) is 0 Å². The second-order valence-corrected chi connectivity index (χ2v) is 8.54. The summed E-state index contributed by atoms with van der Waals surface area (Å²) in [4.78, 5) is 27.1. The zero-order valence-electron chi connectivity index (χ0n) is 17.2. The number of anilines is 1. The molecular formula is C25H21Cl2NO4. The maximum absolute atomic E-state index is 13.7. The maximum atomic E-state index is 13.7. The predicted molar refractivity (Wildman–Crippen MR) is 124 cm³/mol. The molecule has 7 heteroatoms. The lowest BCUT2D eigenvalue weighted by atomic mass is 9.99. The fourth-order valence-corrected chi connectivity index (χ4v) is 4.27. The van der Waals surface area contributed by atoms with Crippen LogP contribution in [-0.4, -0.2) is 23.1 Å². The minimum absolute atomic E-state index is 0.260. The number of benzene rings is 3. The van der Waals surface area contributed by atoms with Crippen LogP contribution in [0.15, 0.2) is 72.8 Å². The van der Waals surface area contributed by atoms with E-state index in [2.05, 4.69) is 0 Å². The van der Waals surface area contributed by atoms with Crippen LogP contribution in [0.2, 0.25) is 10.0 Å². The number of carbonyl (C=O) groups excluding carboxylic acids is 1. The summed E-state index contributed by atoms with van der Waals surface area (Å²) >= 11 is 12.8. The number of fused-ring (bicyclic) bond motifs is 1. The fourth-order valence-electron chi connectivity index (χ4n) is 3.85. The van der Waals surface area contributed by atoms with Crippen LogP contribution in [0.5, 0.6) is 0 Å². The summed E-state index contributed by atoms with van der Waals surface area (Å²) in [6.45, 7) is 1.73. The van der Waals surface area contributed by atoms with Gasteiger partial charge in [0.25, 0.3) is 5.91 Å². The average Bonchev–Trinajstić information content (AvgIpc) is 2.89. The van der Waals surface area contributed by atoms with E-state index in [1.54, 1.807) is 41.3 Å². The Morgan fingerprint density at radius 1 is 1.03 bits per heavy atom. The van der Waals surface area contributed by atoms with Gasteiger partial charge >= 0.3 is 5.97 Å². The number of aliphatic carboxylic acids is 1. The van der Waals surface area contributed by atoms with Crippen molar-refractivity contribution in [3.63, 3.8) is 0 Å². The van der Waals surface area contributed by atoms with Crippen molar-refractivity contribution >= 4 is 40.8 Å². The third-order valence-electron chi connectivity index (χ3n) is 5.57. The Labute approximate surface area is 196 Å². The molecule has 1 N–H and O–H groups in total. The van der Waals surface area contributed by atoms with Crippen molar-refractivity contribution in [1.29, 1.82) is 0 Å². The van der Waals surface area contributed by atoms with Crippen molar-refractivity contribution in [3.05, 3.63) is 99.5 Å². The van der Waals surface area contributed by atoms with Crippen LogP contribution < -0.4 is 4.90 Å². The van der Waals surface area contributed by atoms with Gasteiger partial charge in [-0.2, -0.15) is 0 Å². The van der Waals surface area contributed by atoms with Crippen molar-refractivity contribution in [2.45, 2.75) is 25.7 Å². The van der Waals surface area contributed by atoms with Crippen LogP contribution in [0.4, 0.5) is 5.69 Å². The molecule has 0 saturated heterocycles. The first-order valence-corrected chi connectivity index (χ1v) is 10.9. The first kappa shape index (κ1) is 22.3. The van der Waals surface area contributed by atoms with Crippen molar-refractivity contribution in [2.75, 3.05) is 4.90 Å². The molecule has 1 aliphatic heterocycles. The molecule has 164 valence electrons. The molecule has 4 rings (SSSR count). The minimum atomic E-state index is -1.22. The number of halogens is 2. The van der Waals surface area contributed by atoms with Crippen molar-refractivity contribution in [2.24, 2.45) is 5.92 Å². The number of amides is 1. The number of carboxylic acids is 1. The number of rotatable bonds is 5. The van der Waals surface area contributed by atoms with Crippen LogP contribution in [0.3, 0.4) is 0 Å². The Bertz CT molecular complexity index is 1150. The van der Waals surface area contributed by atoms with Gasteiger partial charge in [0.15, 0.2) is 6.10 Å². The summed E-state index contributed by atoms with van der Waals surface area (Å²) in [5.74, 6) is -2.62. The molecule has 3 unspecified atom stereocenters. The van der Waals surface area contributed by atoms with Crippen molar-refractivity contribution in [3.8, 4) is 0 Å². The largest absolute Gasteiger partial charge is 0.481 e. The molecular weight excluding hydrogens is 449 g/mol. The van der Waals surface area contributed by atoms with Gasteiger partial charge in [0, 0.05) is 21.2 Å². The van der Waals surface area contributed by atoms with E-state index in [0.29, 0.717) is 26.9 Å². The lowest BCUT2D eigenvalue weighted by molar-refractivity contribution is -0.154. The van der Waals surface area contributed by atoms with E-state index in [4.69, 9.17) is 27.9 Å². The predicted octanol–water partition coefficient (Wildman–Crippen LogP) is 5.74. The Kier molecular flexibility index (Phi) is 6.51. The summed E-state index contributed by atoms with van der Waals surface area (Å²) in [6, 6.07) is 21.9. The molecule has 0 saturated carbocycles. The van der Waals surface area contributed by atoms with E-state index in [1.165, 1.54) is 6.92 Å². The number of hydrogen-bond acceptors (Lipinski definition) is 3. The first-order valence-electron chi connectivity index (χ1n) is 10.1. The molecule has 0 aliphatic carbocycles. The molecule has 0 bridgehead atoms. The molecule has 0 aromatic heterocycles. The molecule has 3 atom stereocenters. The van der Waals surface area contributed by atoms with E-state index in [1.807, 2.05) is 36.4 Å². The molecule has 0 radical (unpaired) electrons. The van der Waals surface area contributed by atoms with E-state index < -0.39 is 30.0 Å². The standard InChI is InChI=1S/C25H21Cl2NO4/c1-15(25(30)31)22-24(29)28(14-16-7-3-2-4-8-16)21-12-11-17(26)13-19(21)23(32-22)18-9-5-6-10-20(18)27/h2-13,15,22-23H,14H2,1H3,(H,30,31). The van der Waals surface area contributed by atoms with Crippen LogP contribution >= 0.6 is 23.2 Å². The highest BCUT2D eigenvalue weighted by Crippen LogP contribution is 2.42. The van der Waals surface area contributed by atoms with Gasteiger partial charge in [0.2, 0.25) is 0 Å². The molecule has 3 aromatic rings. The summed E-state index contributed by atoms with van der Waals surface area (Å²) in [7, 11) is 0. The highest BCUT2D eigenvalue weighted by molar-refractivity contribution is 6.31. The number of ether oxygens (including phenoxy) is 1. The summed E-state index contributed by atoms with van der Waals surface area (Å²) in [5, 5.41) is 10.6. The lowest BCUT2D eigenvalue weighted by Gasteiger charge is -2.27. The second kappa shape index (κ2) is 9.33. The Morgan fingerprint density at radius 3 is 2.41 bits per heavy atom. The number of nitrogens with zero attached hydrogens (tertiary/aromatic N) is 1. The maximum Gasteiger partial charge on any atom is 0.309 e.